The second-order valence-electron chi connectivity index (χ2n) is 6.58. The number of nitrogens with zero attached hydrogens (tertiary/aromatic N) is 1. The SMILES string of the molecule is CCC1CCC(c2ccc(C#Cc3ccc(OC)cn3)cc2)CC1. The molecule has 0 bridgehead atoms. The van der Waals surface area contributed by atoms with E-state index in [1.54, 1.807) is 13.3 Å². The number of hydrogen-bond donors (Lipinski definition) is 0. The van der Waals surface area contributed by atoms with E-state index in [2.05, 4.69) is 48.0 Å². The molecule has 1 aromatic heterocycles. The van der Waals surface area contributed by atoms with E-state index >= 15 is 0 Å². The van der Waals surface area contributed by atoms with Crippen molar-refractivity contribution < 1.29 is 4.74 Å². The Morgan fingerprint density at radius 1 is 1.00 bits per heavy atom. The van der Waals surface area contributed by atoms with Crippen LogP contribution in [0.5, 0.6) is 5.75 Å². The first-order valence-corrected chi connectivity index (χ1v) is 8.90. The highest BCUT2D eigenvalue weighted by Crippen LogP contribution is 2.36. The Bertz CT molecular complexity index is 698. The molecule has 0 unspecified atom stereocenters. The molecule has 0 aliphatic heterocycles. The Labute approximate surface area is 145 Å². The van der Waals surface area contributed by atoms with Crippen LogP contribution >= 0.6 is 0 Å². The molecule has 24 heavy (non-hydrogen) atoms. The van der Waals surface area contributed by atoms with Crippen molar-refractivity contribution in [3.05, 3.63) is 59.4 Å². The lowest BCUT2D eigenvalue weighted by molar-refractivity contribution is 0.319. The van der Waals surface area contributed by atoms with Gasteiger partial charge in [-0.2, -0.15) is 0 Å². The lowest BCUT2D eigenvalue weighted by atomic mass is 9.78. The number of hydrogen-bond acceptors (Lipinski definition) is 2. The van der Waals surface area contributed by atoms with E-state index in [9.17, 15) is 0 Å². The maximum atomic E-state index is 5.11. The Balaban J connectivity index is 1.63. The molecule has 1 aromatic carbocycles. The van der Waals surface area contributed by atoms with Crippen LogP contribution in [0.15, 0.2) is 42.6 Å². The lowest BCUT2D eigenvalue weighted by Gasteiger charge is -2.28. The van der Waals surface area contributed by atoms with E-state index in [0.29, 0.717) is 0 Å². The molecular formula is C22H25NO. The van der Waals surface area contributed by atoms with Gasteiger partial charge in [0, 0.05) is 5.56 Å². The van der Waals surface area contributed by atoms with Gasteiger partial charge in [-0.25, -0.2) is 4.98 Å². The van der Waals surface area contributed by atoms with E-state index in [-0.39, 0.29) is 0 Å². The van der Waals surface area contributed by atoms with Gasteiger partial charge in [0.2, 0.25) is 0 Å². The molecule has 0 spiro atoms. The van der Waals surface area contributed by atoms with Crippen molar-refractivity contribution in [2.24, 2.45) is 5.92 Å². The van der Waals surface area contributed by atoms with Crippen molar-refractivity contribution in [3.8, 4) is 17.6 Å². The maximum Gasteiger partial charge on any atom is 0.137 e. The second-order valence-corrected chi connectivity index (χ2v) is 6.58. The third-order valence-corrected chi connectivity index (χ3v) is 5.11. The van der Waals surface area contributed by atoms with E-state index in [1.165, 1.54) is 37.7 Å². The summed E-state index contributed by atoms with van der Waals surface area (Å²) in [7, 11) is 1.64. The highest BCUT2D eigenvalue weighted by molar-refractivity contribution is 5.42. The molecule has 2 heteroatoms. The molecule has 0 radical (unpaired) electrons. The van der Waals surface area contributed by atoms with Crippen molar-refractivity contribution in [2.45, 2.75) is 44.9 Å². The van der Waals surface area contributed by atoms with Crippen LogP contribution in [0.1, 0.15) is 61.8 Å². The standard InChI is InChI=1S/C22H25NO/c1-3-17-4-9-19(10-5-17)20-11-6-18(7-12-20)8-13-21-14-15-22(24-2)16-23-21/h6-7,11-12,14-17,19H,3-5,9-10H2,1-2H3. The zero-order valence-corrected chi connectivity index (χ0v) is 14.6. The molecule has 124 valence electrons. The average Bonchev–Trinajstić information content (AvgIpc) is 2.67. The van der Waals surface area contributed by atoms with Gasteiger partial charge >= 0.3 is 0 Å². The average molecular weight is 319 g/mol. The van der Waals surface area contributed by atoms with Gasteiger partial charge in [-0.15, -0.1) is 0 Å². The topological polar surface area (TPSA) is 22.1 Å². The summed E-state index contributed by atoms with van der Waals surface area (Å²) in [6, 6.07) is 12.5. The number of benzene rings is 1. The van der Waals surface area contributed by atoms with E-state index in [1.807, 2.05) is 12.1 Å². The van der Waals surface area contributed by atoms with Crippen molar-refractivity contribution in [1.29, 1.82) is 0 Å². The fourth-order valence-corrected chi connectivity index (χ4v) is 3.45. The molecular weight excluding hydrogens is 294 g/mol. The molecule has 0 saturated heterocycles. The fraction of sp³-hybridized carbons (Fsp3) is 0.409. The van der Waals surface area contributed by atoms with Crippen LogP contribution in [0.3, 0.4) is 0 Å². The monoisotopic (exact) mass is 319 g/mol. The van der Waals surface area contributed by atoms with Crippen LogP contribution in [0.25, 0.3) is 0 Å². The molecule has 1 aliphatic carbocycles. The first kappa shape index (κ1) is 16.6. The Morgan fingerprint density at radius 3 is 2.33 bits per heavy atom. The number of aromatic nitrogens is 1. The minimum absolute atomic E-state index is 0.734. The van der Waals surface area contributed by atoms with Crippen LogP contribution in [-0.4, -0.2) is 12.1 Å². The number of rotatable bonds is 3. The molecule has 0 atom stereocenters. The number of ether oxygens (including phenoxy) is 1. The summed E-state index contributed by atoms with van der Waals surface area (Å²) in [6.07, 6.45) is 8.46. The van der Waals surface area contributed by atoms with E-state index < -0.39 is 0 Å². The Morgan fingerprint density at radius 2 is 1.75 bits per heavy atom. The summed E-state index contributed by atoms with van der Waals surface area (Å²) in [6.45, 7) is 2.32. The molecule has 3 rings (SSSR count). The Hall–Kier alpha value is -2.27. The summed E-state index contributed by atoms with van der Waals surface area (Å²) in [5, 5.41) is 0. The summed E-state index contributed by atoms with van der Waals surface area (Å²) in [5.41, 5.74) is 3.27. The van der Waals surface area contributed by atoms with Crippen LogP contribution < -0.4 is 4.74 Å². The van der Waals surface area contributed by atoms with Crippen LogP contribution in [-0.2, 0) is 0 Å². The summed E-state index contributed by atoms with van der Waals surface area (Å²) >= 11 is 0. The lowest BCUT2D eigenvalue weighted by Crippen LogP contribution is -2.12. The highest BCUT2D eigenvalue weighted by atomic mass is 16.5. The van der Waals surface area contributed by atoms with Gasteiger partial charge in [0.25, 0.3) is 0 Å². The van der Waals surface area contributed by atoms with Crippen molar-refractivity contribution in [3.63, 3.8) is 0 Å². The molecule has 1 aliphatic rings. The van der Waals surface area contributed by atoms with Gasteiger partial charge in [0.15, 0.2) is 0 Å². The highest BCUT2D eigenvalue weighted by Gasteiger charge is 2.20. The van der Waals surface area contributed by atoms with Gasteiger partial charge < -0.3 is 4.74 Å². The van der Waals surface area contributed by atoms with Crippen molar-refractivity contribution >= 4 is 0 Å². The minimum Gasteiger partial charge on any atom is -0.495 e. The molecule has 0 amide bonds. The zero-order chi connectivity index (χ0) is 16.8. The van der Waals surface area contributed by atoms with Crippen LogP contribution in [0.4, 0.5) is 0 Å². The largest absolute Gasteiger partial charge is 0.495 e. The molecule has 1 saturated carbocycles. The summed E-state index contributed by atoms with van der Waals surface area (Å²) in [4.78, 5) is 4.27. The molecule has 0 N–H and O–H groups in total. The predicted octanol–water partition coefficient (Wildman–Crippen LogP) is 5.17. The van der Waals surface area contributed by atoms with Gasteiger partial charge in [-0.3, -0.25) is 0 Å². The minimum atomic E-state index is 0.734. The Kier molecular flexibility index (Phi) is 5.54. The zero-order valence-electron chi connectivity index (χ0n) is 14.6. The summed E-state index contributed by atoms with van der Waals surface area (Å²) in [5.74, 6) is 8.73. The molecule has 1 fully saturated rings. The van der Waals surface area contributed by atoms with Gasteiger partial charge in [-0.1, -0.05) is 31.4 Å². The maximum absolute atomic E-state index is 5.11. The third kappa shape index (κ3) is 4.17. The van der Waals surface area contributed by atoms with E-state index in [4.69, 9.17) is 4.74 Å². The molecule has 1 heterocycles. The van der Waals surface area contributed by atoms with Gasteiger partial charge in [0.05, 0.1) is 13.3 Å². The van der Waals surface area contributed by atoms with Gasteiger partial charge in [0.1, 0.15) is 11.4 Å². The van der Waals surface area contributed by atoms with Crippen LogP contribution in [0.2, 0.25) is 0 Å². The van der Waals surface area contributed by atoms with Crippen LogP contribution in [0, 0.1) is 17.8 Å². The number of pyridine rings is 1. The number of methoxy groups -OCH3 is 1. The normalized spacial score (nSPS) is 20.1. The predicted molar refractivity (Wildman–Crippen MR) is 98.2 cm³/mol. The second kappa shape index (κ2) is 8.02. The molecule has 2 nitrogen and oxygen atoms in total. The molecule has 2 aromatic rings. The van der Waals surface area contributed by atoms with Crippen molar-refractivity contribution in [1.82, 2.24) is 4.98 Å². The van der Waals surface area contributed by atoms with Crippen molar-refractivity contribution in [2.75, 3.05) is 7.11 Å². The smallest absolute Gasteiger partial charge is 0.137 e. The first-order valence-electron chi connectivity index (χ1n) is 8.90. The van der Waals surface area contributed by atoms with Gasteiger partial charge in [-0.05, 0) is 73.3 Å². The fourth-order valence-electron chi connectivity index (χ4n) is 3.45. The first-order chi connectivity index (χ1) is 11.8. The summed E-state index contributed by atoms with van der Waals surface area (Å²) < 4.78 is 5.11. The van der Waals surface area contributed by atoms with E-state index in [0.717, 1.165) is 28.8 Å². The quantitative estimate of drug-likeness (QED) is 0.728. The third-order valence-electron chi connectivity index (χ3n) is 5.11.